The van der Waals surface area contributed by atoms with Gasteiger partial charge in [-0.3, -0.25) is 4.57 Å². The average Bonchev–Trinajstić information content (AvgIpc) is 3.79. The fraction of sp³-hybridized carbons (Fsp3) is 0. The molecule has 1 N–H and O–H groups in total. The van der Waals surface area contributed by atoms with Gasteiger partial charge in [0, 0.05) is 61.5 Å². The molecule has 0 unspecified atom stereocenters. The first-order valence-corrected chi connectivity index (χ1v) is 17.7. The van der Waals surface area contributed by atoms with Gasteiger partial charge in [0.25, 0.3) is 0 Å². The van der Waals surface area contributed by atoms with E-state index in [4.69, 9.17) is 14.1 Å². The minimum absolute atomic E-state index is 0. The number of pyridine rings is 1. The molecule has 0 spiro atoms. The monoisotopic (exact) mass is 891 g/mol. The predicted octanol–water partition coefficient (Wildman–Crippen LogP) is 12.3. The van der Waals surface area contributed by atoms with Crippen molar-refractivity contribution >= 4 is 33.0 Å². The number of rotatable bonds is 7. The van der Waals surface area contributed by atoms with E-state index < -0.39 is 0 Å². The normalized spacial score (nSPS) is 11.2. The number of hydrogen-bond acceptors (Lipinski definition) is 5. The molecule has 55 heavy (non-hydrogen) atoms. The largest absolute Gasteiger partial charge is 0.507 e. The molecule has 0 aliphatic heterocycles. The Kier molecular flexibility index (Phi) is 8.81. The Morgan fingerprint density at radius 3 is 2.13 bits per heavy atom. The molecule has 0 saturated heterocycles. The summed E-state index contributed by atoms with van der Waals surface area (Å²) in [4.78, 5) is 9.70. The van der Waals surface area contributed by atoms with Crippen molar-refractivity contribution in [3.63, 3.8) is 0 Å². The smallest absolute Gasteiger partial charge is 0.217 e. The first-order valence-electron chi connectivity index (χ1n) is 17.7. The van der Waals surface area contributed by atoms with Crippen molar-refractivity contribution in [3.05, 3.63) is 182 Å². The molecule has 0 bridgehead atoms. The van der Waals surface area contributed by atoms with E-state index in [1.165, 1.54) is 0 Å². The number of aromatic nitrogens is 3. The Morgan fingerprint density at radius 1 is 0.582 bits per heavy atom. The van der Waals surface area contributed by atoms with Gasteiger partial charge < -0.3 is 14.3 Å². The van der Waals surface area contributed by atoms with Gasteiger partial charge in [-0.15, -0.1) is 23.8 Å². The van der Waals surface area contributed by atoms with Crippen LogP contribution in [0.3, 0.4) is 0 Å². The summed E-state index contributed by atoms with van der Waals surface area (Å²) in [6.45, 7) is 0. The summed E-state index contributed by atoms with van der Waals surface area (Å²) < 4.78 is 14.5. The molecule has 3 aromatic heterocycles. The second-order valence-electron chi connectivity index (χ2n) is 13.1. The molecule has 6 nitrogen and oxygen atoms in total. The van der Waals surface area contributed by atoms with Crippen LogP contribution in [0, 0.1) is 6.07 Å². The molecule has 3 heterocycles. The molecule has 0 aliphatic carbocycles. The molecule has 0 fully saturated rings. The maximum absolute atomic E-state index is 11.8. The molecule has 7 aromatic carbocycles. The van der Waals surface area contributed by atoms with E-state index in [-0.39, 0.29) is 26.8 Å². The van der Waals surface area contributed by atoms with Gasteiger partial charge in [-0.1, -0.05) is 115 Å². The maximum atomic E-state index is 11.8. The third kappa shape index (κ3) is 6.17. The summed E-state index contributed by atoms with van der Waals surface area (Å²) in [6.07, 6.45) is 1.70. The number of nitrogens with zero attached hydrogens (tertiary/aromatic N) is 3. The number of aromatic hydroxyl groups is 1. The van der Waals surface area contributed by atoms with E-state index in [1.807, 2.05) is 109 Å². The summed E-state index contributed by atoms with van der Waals surface area (Å²) in [7, 11) is 0. The number of fused-ring (bicyclic) bond motifs is 4. The van der Waals surface area contributed by atoms with E-state index in [1.54, 1.807) is 12.3 Å². The number of furan rings is 1. The Morgan fingerprint density at radius 2 is 1.31 bits per heavy atom. The number of phenolic OH excluding ortho intramolecular Hbond substituents is 1. The summed E-state index contributed by atoms with van der Waals surface area (Å²) >= 11 is 0. The Balaban J connectivity index is 0.00000397. The van der Waals surface area contributed by atoms with Crippen molar-refractivity contribution in [3.8, 4) is 67.8 Å². The number of ether oxygens (including phenoxy) is 1. The van der Waals surface area contributed by atoms with Gasteiger partial charge in [-0.2, -0.15) is 0 Å². The van der Waals surface area contributed by atoms with Gasteiger partial charge >= 0.3 is 0 Å². The number of hydrogen-bond donors (Lipinski definition) is 1. The molecular formula is C48H30N3O3Pt-. The van der Waals surface area contributed by atoms with Crippen LogP contribution >= 0.6 is 0 Å². The first-order chi connectivity index (χ1) is 26.7. The zero-order valence-corrected chi connectivity index (χ0v) is 31.4. The molecular weight excluding hydrogens is 862 g/mol. The molecule has 266 valence electrons. The van der Waals surface area contributed by atoms with Gasteiger partial charge in [0.1, 0.15) is 22.7 Å². The SMILES string of the molecule is Oc1cc2oc3ccc(-c4ccccc4)cc3c2cc1-c1nc2c(-c3[c-]c(Oc4ccccn4)ccc3)cccc2n1-c1ccccc1-c1ccccc1.[Pt]. The quantitative estimate of drug-likeness (QED) is 0.161. The topological polar surface area (TPSA) is 73.3 Å². The standard InChI is InChI=1S/C48H30N3O3.Pt/c52-43-30-45-39(38-28-33(24-25-44(38)54-45)31-13-3-1-4-14-31)29-40(43)48-50-47-37(34-17-11-18-35(27-34)53-46-23-9-10-26-49-46)20-12-22-42(47)51(48)41-21-8-7-19-36(41)32-15-5-2-6-16-32;/h1-26,28-30,52H;/q-1;. The van der Waals surface area contributed by atoms with Crippen molar-refractivity contribution < 1.29 is 35.3 Å². The van der Waals surface area contributed by atoms with Gasteiger partial charge in [0.15, 0.2) is 0 Å². The van der Waals surface area contributed by atoms with Crippen molar-refractivity contribution in [2.75, 3.05) is 0 Å². The van der Waals surface area contributed by atoms with Crippen LogP contribution in [0.4, 0.5) is 0 Å². The first kappa shape index (κ1) is 34.0. The average molecular weight is 892 g/mol. The molecule has 7 heteroatoms. The van der Waals surface area contributed by atoms with Crippen LogP contribution in [0.25, 0.3) is 83.4 Å². The summed E-state index contributed by atoms with van der Waals surface area (Å²) in [5.74, 6) is 1.69. The molecule has 0 radical (unpaired) electrons. The fourth-order valence-corrected chi connectivity index (χ4v) is 7.26. The third-order valence-corrected chi connectivity index (χ3v) is 9.76. The van der Waals surface area contributed by atoms with E-state index in [0.29, 0.717) is 28.6 Å². The molecule has 0 atom stereocenters. The maximum Gasteiger partial charge on any atom is 0.217 e. The van der Waals surface area contributed by atoms with Gasteiger partial charge in [0.05, 0.1) is 22.3 Å². The van der Waals surface area contributed by atoms with Gasteiger partial charge in [0.2, 0.25) is 5.88 Å². The molecule has 10 rings (SSSR count). The van der Waals surface area contributed by atoms with Gasteiger partial charge in [-0.05, 0) is 53.1 Å². The Labute approximate surface area is 331 Å². The second-order valence-corrected chi connectivity index (χ2v) is 13.1. The summed E-state index contributed by atoms with van der Waals surface area (Å²) in [5, 5.41) is 13.7. The number of benzene rings is 7. The predicted molar refractivity (Wildman–Crippen MR) is 215 cm³/mol. The minimum Gasteiger partial charge on any atom is -0.507 e. The molecule has 0 amide bonds. The zero-order valence-electron chi connectivity index (χ0n) is 29.2. The van der Waals surface area contributed by atoms with Crippen LogP contribution in [0.5, 0.6) is 17.4 Å². The molecule has 10 aromatic rings. The fourth-order valence-electron chi connectivity index (χ4n) is 7.26. The number of imidazole rings is 1. The Bertz CT molecular complexity index is 2980. The van der Waals surface area contributed by atoms with Crippen LogP contribution in [0.1, 0.15) is 0 Å². The van der Waals surface area contributed by atoms with E-state index in [9.17, 15) is 5.11 Å². The van der Waals surface area contributed by atoms with Crippen LogP contribution in [0.15, 0.2) is 180 Å². The number of phenols is 1. The minimum atomic E-state index is 0. The second kappa shape index (κ2) is 14.2. The van der Waals surface area contributed by atoms with Crippen molar-refractivity contribution in [1.82, 2.24) is 14.5 Å². The third-order valence-electron chi connectivity index (χ3n) is 9.76. The van der Waals surface area contributed by atoms with E-state index >= 15 is 0 Å². The molecule has 0 saturated carbocycles. The molecule has 0 aliphatic rings. The van der Waals surface area contributed by atoms with Crippen LogP contribution < -0.4 is 4.74 Å². The summed E-state index contributed by atoms with van der Waals surface area (Å²) in [5.41, 5.74) is 10.5. The van der Waals surface area contributed by atoms with Crippen molar-refractivity contribution in [2.45, 2.75) is 0 Å². The van der Waals surface area contributed by atoms with E-state index in [2.05, 4.69) is 70.2 Å². The van der Waals surface area contributed by atoms with E-state index in [0.717, 1.165) is 66.5 Å². The summed E-state index contributed by atoms with van der Waals surface area (Å²) in [6, 6.07) is 59.8. The Hall–Kier alpha value is -6.75. The van der Waals surface area contributed by atoms with Gasteiger partial charge in [-0.25, -0.2) is 9.97 Å². The van der Waals surface area contributed by atoms with Crippen molar-refractivity contribution in [2.24, 2.45) is 0 Å². The van der Waals surface area contributed by atoms with Crippen LogP contribution in [-0.4, -0.2) is 19.6 Å². The zero-order chi connectivity index (χ0) is 36.0. The van der Waals surface area contributed by atoms with Crippen LogP contribution in [0.2, 0.25) is 0 Å². The van der Waals surface area contributed by atoms with Crippen LogP contribution in [-0.2, 0) is 21.1 Å². The number of para-hydroxylation sites is 2. The van der Waals surface area contributed by atoms with Crippen molar-refractivity contribution in [1.29, 1.82) is 0 Å².